The van der Waals surface area contributed by atoms with E-state index in [1.54, 1.807) is 24.4 Å². The summed E-state index contributed by atoms with van der Waals surface area (Å²) in [6.07, 6.45) is 0. The zero-order chi connectivity index (χ0) is 23.1. The van der Waals surface area contributed by atoms with E-state index in [1.807, 2.05) is 31.2 Å². The minimum Gasteiger partial charge on any atom is -0.494 e. The van der Waals surface area contributed by atoms with E-state index in [0.29, 0.717) is 33.0 Å². The molecule has 0 unspecified atom stereocenters. The summed E-state index contributed by atoms with van der Waals surface area (Å²) >= 11 is 13.2. The number of anilines is 1. The molecule has 1 N–H and O–H groups in total. The third-order valence-electron chi connectivity index (χ3n) is 4.25. The fraction of sp³-hybridized carbons (Fsp3) is 0.217. The fourth-order valence-electron chi connectivity index (χ4n) is 2.86. The average molecular weight is 494 g/mol. The van der Waals surface area contributed by atoms with Crippen molar-refractivity contribution in [3.05, 3.63) is 63.5 Å². The molecule has 0 aliphatic rings. The Balaban J connectivity index is 1.80. The molecule has 2 aromatic carbocycles. The number of nitrogens with one attached hydrogen (secondary N) is 1. The predicted molar refractivity (Wildman–Crippen MR) is 127 cm³/mol. The molecule has 0 aliphatic heterocycles. The number of rotatable bonds is 9. The molecular weight excluding hydrogens is 473 g/mol. The van der Waals surface area contributed by atoms with Crippen LogP contribution in [-0.4, -0.2) is 31.7 Å². The molecule has 1 aromatic heterocycles. The highest BCUT2D eigenvalue weighted by atomic mass is 35.5. The minimum absolute atomic E-state index is 0.209. The van der Waals surface area contributed by atoms with Gasteiger partial charge in [-0.2, -0.15) is 0 Å². The first-order valence-electron chi connectivity index (χ1n) is 9.82. The lowest BCUT2D eigenvalue weighted by Crippen LogP contribution is -2.21. The van der Waals surface area contributed by atoms with Crippen LogP contribution in [0.15, 0.2) is 47.8 Å². The number of benzene rings is 2. The van der Waals surface area contributed by atoms with Crippen LogP contribution in [0.25, 0.3) is 11.1 Å². The van der Waals surface area contributed by atoms with E-state index >= 15 is 0 Å². The van der Waals surface area contributed by atoms with Gasteiger partial charge < -0.3 is 19.5 Å². The summed E-state index contributed by atoms with van der Waals surface area (Å²) in [5, 5.41) is 5.67. The van der Waals surface area contributed by atoms with Crippen LogP contribution < -0.4 is 14.8 Å². The van der Waals surface area contributed by atoms with Crippen LogP contribution in [0.5, 0.6) is 11.5 Å². The van der Waals surface area contributed by atoms with Crippen molar-refractivity contribution in [1.29, 1.82) is 0 Å². The Kier molecular flexibility index (Phi) is 8.39. The monoisotopic (exact) mass is 493 g/mol. The number of carbonyl (C=O) groups is 2. The Morgan fingerprint density at radius 1 is 1.00 bits per heavy atom. The molecule has 6 nitrogen and oxygen atoms in total. The molecule has 0 saturated carbocycles. The highest BCUT2D eigenvalue weighted by Gasteiger charge is 2.23. The largest absolute Gasteiger partial charge is 0.494 e. The van der Waals surface area contributed by atoms with Crippen LogP contribution in [-0.2, 0) is 9.53 Å². The first kappa shape index (κ1) is 23.9. The van der Waals surface area contributed by atoms with E-state index in [9.17, 15) is 9.59 Å². The average Bonchev–Trinajstić information content (AvgIpc) is 3.19. The second-order valence-electron chi connectivity index (χ2n) is 6.44. The third kappa shape index (κ3) is 5.94. The van der Waals surface area contributed by atoms with E-state index < -0.39 is 11.9 Å². The second-order valence-corrected chi connectivity index (χ2v) is 8.17. The van der Waals surface area contributed by atoms with Crippen LogP contribution in [0.1, 0.15) is 24.2 Å². The summed E-state index contributed by atoms with van der Waals surface area (Å²) in [7, 11) is 0. The van der Waals surface area contributed by atoms with Gasteiger partial charge >= 0.3 is 5.97 Å². The van der Waals surface area contributed by atoms with Gasteiger partial charge in [0.05, 0.1) is 18.2 Å². The van der Waals surface area contributed by atoms with Gasteiger partial charge in [0.1, 0.15) is 22.1 Å². The van der Waals surface area contributed by atoms with Gasteiger partial charge in [-0.1, -0.05) is 35.3 Å². The molecule has 0 spiro atoms. The summed E-state index contributed by atoms with van der Waals surface area (Å²) in [6, 6.07) is 12.1. The second kappa shape index (κ2) is 11.2. The van der Waals surface area contributed by atoms with Crippen molar-refractivity contribution in [2.45, 2.75) is 13.8 Å². The van der Waals surface area contributed by atoms with E-state index in [0.717, 1.165) is 11.3 Å². The van der Waals surface area contributed by atoms with Crippen molar-refractivity contribution in [2.75, 3.05) is 25.1 Å². The number of halogens is 2. The first-order chi connectivity index (χ1) is 15.4. The maximum atomic E-state index is 12.7. The van der Waals surface area contributed by atoms with Crippen LogP contribution in [0.2, 0.25) is 10.0 Å². The molecule has 32 heavy (non-hydrogen) atoms. The lowest BCUT2D eigenvalue weighted by atomic mass is 10.0. The van der Waals surface area contributed by atoms with E-state index in [2.05, 4.69) is 5.32 Å². The predicted octanol–water partition coefficient (Wildman–Crippen LogP) is 6.31. The van der Waals surface area contributed by atoms with Crippen molar-refractivity contribution < 1.29 is 23.8 Å². The molecule has 0 bridgehead atoms. The molecule has 168 valence electrons. The topological polar surface area (TPSA) is 73.9 Å². The quantitative estimate of drug-likeness (QED) is 0.353. The van der Waals surface area contributed by atoms with Crippen molar-refractivity contribution in [1.82, 2.24) is 0 Å². The Hall–Kier alpha value is -2.74. The van der Waals surface area contributed by atoms with Gasteiger partial charge in [0.15, 0.2) is 6.61 Å². The minimum atomic E-state index is -0.522. The summed E-state index contributed by atoms with van der Waals surface area (Å²) in [5.41, 5.74) is 1.75. The molecular formula is C23H21Cl2NO5S. The summed E-state index contributed by atoms with van der Waals surface area (Å²) in [4.78, 5) is 25.2. The zero-order valence-corrected chi connectivity index (χ0v) is 19.8. The molecule has 0 fully saturated rings. The Morgan fingerprint density at radius 2 is 1.75 bits per heavy atom. The van der Waals surface area contributed by atoms with Crippen molar-refractivity contribution in [2.24, 2.45) is 0 Å². The van der Waals surface area contributed by atoms with Gasteiger partial charge in [-0.05, 0) is 43.7 Å². The number of amides is 1. The first-order valence-corrected chi connectivity index (χ1v) is 11.5. The SMILES string of the molecule is CCOC(=O)c1c(-c2ccc(OCC)cc2)csc1NC(=O)COc1cc(Cl)ccc1Cl. The van der Waals surface area contributed by atoms with E-state index in [1.165, 1.54) is 17.4 Å². The molecule has 3 rings (SSSR count). The molecule has 0 radical (unpaired) electrons. The highest BCUT2D eigenvalue weighted by molar-refractivity contribution is 7.15. The summed E-state index contributed by atoms with van der Waals surface area (Å²) in [6.45, 7) is 4.09. The summed E-state index contributed by atoms with van der Waals surface area (Å²) in [5.74, 6) is 0.0501. The van der Waals surface area contributed by atoms with Crippen LogP contribution in [0, 0.1) is 0 Å². The Morgan fingerprint density at radius 3 is 2.44 bits per heavy atom. The van der Waals surface area contributed by atoms with E-state index in [-0.39, 0.29) is 18.8 Å². The van der Waals surface area contributed by atoms with Crippen molar-refractivity contribution in [3.63, 3.8) is 0 Å². The van der Waals surface area contributed by atoms with E-state index in [4.69, 9.17) is 37.4 Å². The van der Waals surface area contributed by atoms with Gasteiger partial charge in [-0.25, -0.2) is 4.79 Å². The lowest BCUT2D eigenvalue weighted by molar-refractivity contribution is -0.118. The van der Waals surface area contributed by atoms with Gasteiger partial charge in [-0.3, -0.25) is 4.79 Å². The number of esters is 1. The number of carbonyl (C=O) groups excluding carboxylic acids is 2. The number of thiophene rings is 1. The molecule has 1 amide bonds. The highest BCUT2D eigenvalue weighted by Crippen LogP contribution is 2.37. The van der Waals surface area contributed by atoms with Gasteiger partial charge in [0.25, 0.3) is 5.91 Å². The molecule has 3 aromatic rings. The molecule has 0 saturated heterocycles. The van der Waals surface area contributed by atoms with Crippen LogP contribution in [0.3, 0.4) is 0 Å². The van der Waals surface area contributed by atoms with Crippen molar-refractivity contribution >= 4 is 51.4 Å². The van der Waals surface area contributed by atoms with Gasteiger partial charge in [0, 0.05) is 22.0 Å². The zero-order valence-electron chi connectivity index (χ0n) is 17.4. The summed E-state index contributed by atoms with van der Waals surface area (Å²) < 4.78 is 16.2. The number of ether oxygens (including phenoxy) is 3. The maximum absolute atomic E-state index is 12.7. The van der Waals surface area contributed by atoms with Crippen LogP contribution >= 0.6 is 34.5 Å². The third-order valence-corrected chi connectivity index (χ3v) is 5.69. The molecule has 0 aliphatic carbocycles. The lowest BCUT2D eigenvalue weighted by Gasteiger charge is -2.11. The standard InChI is InChI=1S/C23H21Cl2NO5S/c1-3-29-16-8-5-14(6-9-16)17-13-32-22(21(17)23(28)30-4-2)26-20(27)12-31-19-11-15(24)7-10-18(19)25/h5-11,13H,3-4,12H2,1-2H3,(H,26,27). The number of hydrogen-bond acceptors (Lipinski definition) is 6. The van der Waals surface area contributed by atoms with Crippen LogP contribution in [0.4, 0.5) is 5.00 Å². The normalized spacial score (nSPS) is 10.5. The van der Waals surface area contributed by atoms with Gasteiger partial charge in [0.2, 0.25) is 0 Å². The Bertz CT molecular complexity index is 1100. The van der Waals surface area contributed by atoms with Crippen molar-refractivity contribution in [3.8, 4) is 22.6 Å². The van der Waals surface area contributed by atoms with Gasteiger partial charge in [-0.15, -0.1) is 11.3 Å². The maximum Gasteiger partial charge on any atom is 0.341 e. The fourth-order valence-corrected chi connectivity index (χ4v) is 4.17. The molecule has 9 heteroatoms. The smallest absolute Gasteiger partial charge is 0.341 e. The number of hydrogen-bond donors (Lipinski definition) is 1. The Labute approximate surface area is 200 Å². The molecule has 1 heterocycles. The molecule has 0 atom stereocenters.